The molecule has 3 heteroatoms. The molecule has 3 atom stereocenters. The summed E-state index contributed by atoms with van der Waals surface area (Å²) >= 11 is 0. The van der Waals surface area contributed by atoms with E-state index in [-0.39, 0.29) is 11.8 Å². The topological polar surface area (TPSA) is 46.3 Å². The van der Waals surface area contributed by atoms with E-state index in [0.29, 0.717) is 18.5 Å². The zero-order chi connectivity index (χ0) is 10.7. The van der Waals surface area contributed by atoms with Gasteiger partial charge in [0.25, 0.3) is 0 Å². The van der Waals surface area contributed by atoms with Gasteiger partial charge >= 0.3 is 0 Å². The minimum atomic E-state index is -0.0252. The van der Waals surface area contributed by atoms with Gasteiger partial charge in [-0.25, -0.2) is 0 Å². The highest BCUT2D eigenvalue weighted by Gasteiger charge is 2.28. The number of rotatable bonds is 2. The fraction of sp³-hybridized carbons (Fsp3) is 0.909. The maximum atomic E-state index is 11.9. The number of hydrogen-bond acceptors (Lipinski definition) is 2. The third-order valence-electron chi connectivity index (χ3n) is 3.18. The van der Waals surface area contributed by atoms with E-state index in [1.165, 1.54) is 6.42 Å². The first kappa shape index (κ1) is 11.5. The van der Waals surface area contributed by atoms with Gasteiger partial charge in [0.05, 0.1) is 0 Å². The van der Waals surface area contributed by atoms with Crippen molar-refractivity contribution in [1.82, 2.24) is 4.90 Å². The Morgan fingerprint density at radius 3 is 2.71 bits per heavy atom. The van der Waals surface area contributed by atoms with E-state index in [2.05, 4.69) is 13.8 Å². The molecular formula is C11H22N2O. The molecule has 0 aromatic carbocycles. The van der Waals surface area contributed by atoms with Crippen LogP contribution in [-0.2, 0) is 4.79 Å². The van der Waals surface area contributed by atoms with Crippen LogP contribution >= 0.6 is 0 Å². The number of hydrogen-bond donors (Lipinski definition) is 1. The minimum absolute atomic E-state index is 0.0252. The number of nitrogens with two attached hydrogens (primary N) is 1. The summed E-state index contributed by atoms with van der Waals surface area (Å²) in [4.78, 5) is 13.9. The Morgan fingerprint density at radius 1 is 1.50 bits per heavy atom. The molecule has 0 radical (unpaired) electrons. The van der Waals surface area contributed by atoms with Gasteiger partial charge < -0.3 is 10.6 Å². The molecule has 1 saturated heterocycles. The second-order valence-electron chi connectivity index (χ2n) is 4.66. The molecule has 0 aromatic heterocycles. The molecule has 0 saturated carbocycles. The predicted molar refractivity (Wildman–Crippen MR) is 57.8 cm³/mol. The summed E-state index contributed by atoms with van der Waals surface area (Å²) < 4.78 is 0. The molecule has 0 aliphatic carbocycles. The molecule has 82 valence electrons. The van der Waals surface area contributed by atoms with Gasteiger partial charge in [-0.2, -0.15) is 0 Å². The lowest BCUT2D eigenvalue weighted by Gasteiger charge is -2.38. The van der Waals surface area contributed by atoms with Crippen LogP contribution < -0.4 is 5.73 Å². The van der Waals surface area contributed by atoms with Crippen LogP contribution in [0.3, 0.4) is 0 Å². The van der Waals surface area contributed by atoms with Crippen molar-refractivity contribution < 1.29 is 4.79 Å². The van der Waals surface area contributed by atoms with E-state index in [1.54, 1.807) is 0 Å². The number of piperidine rings is 1. The second kappa shape index (κ2) is 4.78. The Hall–Kier alpha value is -0.570. The van der Waals surface area contributed by atoms with E-state index in [4.69, 9.17) is 5.73 Å². The Bertz CT molecular complexity index is 205. The maximum absolute atomic E-state index is 11.9. The standard InChI is InChI=1S/C11H22N2O/c1-8-4-5-10(3)13(7-8)11(14)9(2)6-12/h8-10H,4-7,12H2,1-3H3. The molecule has 0 aromatic rings. The van der Waals surface area contributed by atoms with E-state index >= 15 is 0 Å². The summed E-state index contributed by atoms with van der Waals surface area (Å²) in [5.74, 6) is 0.842. The third-order valence-corrected chi connectivity index (χ3v) is 3.18. The first-order valence-corrected chi connectivity index (χ1v) is 5.56. The van der Waals surface area contributed by atoms with E-state index < -0.39 is 0 Å². The zero-order valence-corrected chi connectivity index (χ0v) is 9.49. The monoisotopic (exact) mass is 198 g/mol. The van der Waals surface area contributed by atoms with E-state index in [9.17, 15) is 4.79 Å². The molecule has 2 N–H and O–H groups in total. The molecule has 1 aliphatic rings. The maximum Gasteiger partial charge on any atom is 0.226 e. The average Bonchev–Trinajstić information content (AvgIpc) is 2.19. The lowest BCUT2D eigenvalue weighted by atomic mass is 9.94. The Morgan fingerprint density at radius 2 is 2.14 bits per heavy atom. The molecule has 3 unspecified atom stereocenters. The van der Waals surface area contributed by atoms with Crippen LogP contribution in [0, 0.1) is 11.8 Å². The SMILES string of the molecule is CC1CCC(C)N(C(=O)C(C)CN)C1. The van der Waals surface area contributed by atoms with Crippen LogP contribution in [0.2, 0.25) is 0 Å². The van der Waals surface area contributed by atoms with Crippen LogP contribution in [-0.4, -0.2) is 29.9 Å². The summed E-state index contributed by atoms with van der Waals surface area (Å²) in [6, 6.07) is 0.396. The number of carbonyl (C=O) groups is 1. The van der Waals surface area contributed by atoms with Crippen molar-refractivity contribution in [3.63, 3.8) is 0 Å². The average molecular weight is 198 g/mol. The van der Waals surface area contributed by atoms with Gasteiger partial charge in [-0.3, -0.25) is 4.79 Å². The quantitative estimate of drug-likeness (QED) is 0.725. The Labute approximate surface area is 86.6 Å². The van der Waals surface area contributed by atoms with E-state index in [0.717, 1.165) is 13.0 Å². The van der Waals surface area contributed by atoms with Crippen molar-refractivity contribution >= 4 is 5.91 Å². The smallest absolute Gasteiger partial charge is 0.226 e. The number of likely N-dealkylation sites (tertiary alicyclic amines) is 1. The normalized spacial score (nSPS) is 30.1. The van der Waals surface area contributed by atoms with Crippen molar-refractivity contribution in [3.05, 3.63) is 0 Å². The second-order valence-corrected chi connectivity index (χ2v) is 4.66. The first-order valence-electron chi connectivity index (χ1n) is 5.56. The number of nitrogens with zero attached hydrogens (tertiary/aromatic N) is 1. The highest BCUT2D eigenvalue weighted by atomic mass is 16.2. The first-order chi connectivity index (χ1) is 6.56. The zero-order valence-electron chi connectivity index (χ0n) is 9.49. The summed E-state index contributed by atoms with van der Waals surface area (Å²) in [5.41, 5.74) is 5.51. The van der Waals surface area contributed by atoms with Crippen LogP contribution in [0.1, 0.15) is 33.6 Å². The molecule has 1 heterocycles. The molecule has 0 spiro atoms. The fourth-order valence-corrected chi connectivity index (χ4v) is 1.98. The molecule has 3 nitrogen and oxygen atoms in total. The van der Waals surface area contributed by atoms with E-state index in [1.807, 2.05) is 11.8 Å². The minimum Gasteiger partial charge on any atom is -0.339 e. The van der Waals surface area contributed by atoms with Crippen LogP contribution in [0.15, 0.2) is 0 Å². The predicted octanol–water partition coefficient (Wildman–Crippen LogP) is 1.23. The van der Waals surface area contributed by atoms with Crippen LogP contribution in [0.25, 0.3) is 0 Å². The summed E-state index contributed by atoms with van der Waals surface area (Å²) in [7, 11) is 0. The lowest BCUT2D eigenvalue weighted by molar-refractivity contribution is -0.139. The van der Waals surface area contributed by atoms with Crippen molar-refractivity contribution in [3.8, 4) is 0 Å². The van der Waals surface area contributed by atoms with Crippen molar-refractivity contribution in [2.75, 3.05) is 13.1 Å². The van der Waals surface area contributed by atoms with Crippen molar-refractivity contribution in [1.29, 1.82) is 0 Å². The van der Waals surface area contributed by atoms with Crippen LogP contribution in [0.4, 0.5) is 0 Å². The fourth-order valence-electron chi connectivity index (χ4n) is 1.98. The van der Waals surface area contributed by atoms with Gasteiger partial charge in [0.1, 0.15) is 0 Å². The lowest BCUT2D eigenvalue weighted by Crippen LogP contribution is -2.48. The van der Waals surface area contributed by atoms with Gasteiger partial charge in [-0.1, -0.05) is 13.8 Å². The van der Waals surface area contributed by atoms with Gasteiger partial charge in [0, 0.05) is 25.0 Å². The highest BCUT2D eigenvalue weighted by molar-refractivity contribution is 5.79. The summed E-state index contributed by atoms with van der Waals surface area (Å²) in [6.07, 6.45) is 2.37. The summed E-state index contributed by atoms with van der Waals surface area (Å²) in [6.45, 7) is 7.61. The molecule has 1 rings (SSSR count). The summed E-state index contributed by atoms with van der Waals surface area (Å²) in [5, 5.41) is 0. The van der Waals surface area contributed by atoms with Gasteiger partial charge in [0.15, 0.2) is 0 Å². The molecule has 0 bridgehead atoms. The molecule has 1 aliphatic heterocycles. The third kappa shape index (κ3) is 2.47. The number of amides is 1. The van der Waals surface area contributed by atoms with Gasteiger partial charge in [-0.05, 0) is 25.7 Å². The molecule has 1 amide bonds. The number of carbonyl (C=O) groups excluding carboxylic acids is 1. The van der Waals surface area contributed by atoms with Gasteiger partial charge in [0.2, 0.25) is 5.91 Å². The van der Waals surface area contributed by atoms with Crippen molar-refractivity contribution in [2.45, 2.75) is 39.7 Å². The molecule has 14 heavy (non-hydrogen) atoms. The molecular weight excluding hydrogens is 176 g/mol. The van der Waals surface area contributed by atoms with Crippen molar-refractivity contribution in [2.24, 2.45) is 17.6 Å². The highest BCUT2D eigenvalue weighted by Crippen LogP contribution is 2.22. The Kier molecular flexibility index (Phi) is 3.93. The van der Waals surface area contributed by atoms with Gasteiger partial charge in [-0.15, -0.1) is 0 Å². The molecule has 1 fully saturated rings. The van der Waals surface area contributed by atoms with Crippen LogP contribution in [0.5, 0.6) is 0 Å². The largest absolute Gasteiger partial charge is 0.339 e. The Balaban J connectivity index is 2.60.